The van der Waals surface area contributed by atoms with Crippen LogP contribution in [0, 0.1) is 5.92 Å². The van der Waals surface area contributed by atoms with Crippen molar-refractivity contribution in [3.05, 3.63) is 48.3 Å². The maximum absolute atomic E-state index is 12.4. The minimum Gasteiger partial charge on any atom is -0.346 e. The number of Topliss-reactive ketones (excluding diaryl/α,β-unsaturated/α-hetero) is 1. The molecule has 0 spiro atoms. The van der Waals surface area contributed by atoms with Crippen molar-refractivity contribution in [3.8, 4) is 11.1 Å². The van der Waals surface area contributed by atoms with E-state index < -0.39 is 0 Å². The summed E-state index contributed by atoms with van der Waals surface area (Å²) in [7, 11) is 1.81. The summed E-state index contributed by atoms with van der Waals surface area (Å²) < 4.78 is 0. The number of rotatable bonds is 7. The first kappa shape index (κ1) is 24.2. The van der Waals surface area contributed by atoms with Crippen LogP contribution in [-0.4, -0.2) is 54.2 Å². The number of hydrogen-bond donors (Lipinski definition) is 2. The fraction of sp³-hybridized carbons (Fsp3) is 0.417. The molecule has 1 aromatic carbocycles. The molecule has 3 rings (SSSR count). The Balaban J connectivity index is 0.00000166. The summed E-state index contributed by atoms with van der Waals surface area (Å²) in [5, 5.41) is 5.91. The van der Waals surface area contributed by atoms with Crippen LogP contribution < -0.4 is 10.6 Å². The van der Waals surface area contributed by atoms with Crippen LogP contribution in [0.25, 0.3) is 11.1 Å². The third kappa shape index (κ3) is 7.00. The van der Waals surface area contributed by atoms with Crippen LogP contribution in [0.15, 0.2) is 42.6 Å². The van der Waals surface area contributed by atoms with E-state index >= 15 is 0 Å². The summed E-state index contributed by atoms with van der Waals surface area (Å²) in [4.78, 5) is 42.1. The van der Waals surface area contributed by atoms with Crippen molar-refractivity contribution < 1.29 is 14.4 Å². The fourth-order valence-electron chi connectivity index (χ4n) is 3.39. The van der Waals surface area contributed by atoms with Crippen LogP contribution in [0.5, 0.6) is 0 Å². The van der Waals surface area contributed by atoms with Crippen LogP contribution in [0.1, 0.15) is 44.1 Å². The van der Waals surface area contributed by atoms with E-state index in [-0.39, 0.29) is 35.8 Å². The molecule has 0 saturated carbocycles. The number of nitrogens with zero attached hydrogens (tertiary/aromatic N) is 2. The monoisotopic (exact) mass is 424 g/mol. The van der Waals surface area contributed by atoms with Gasteiger partial charge in [-0.25, -0.2) is 0 Å². The van der Waals surface area contributed by atoms with Gasteiger partial charge in [0.1, 0.15) is 5.69 Å². The number of hydrogen-bond acceptors (Lipinski definition) is 5. The summed E-state index contributed by atoms with van der Waals surface area (Å²) in [6, 6.07) is 11.4. The van der Waals surface area contributed by atoms with Crippen molar-refractivity contribution >= 4 is 23.3 Å². The van der Waals surface area contributed by atoms with E-state index in [0.717, 1.165) is 24.1 Å². The molecular weight excluding hydrogens is 392 g/mol. The van der Waals surface area contributed by atoms with Crippen LogP contribution in [0.3, 0.4) is 0 Å². The van der Waals surface area contributed by atoms with Crippen molar-refractivity contribution in [1.29, 1.82) is 0 Å². The normalized spacial score (nSPS) is 15.7. The van der Waals surface area contributed by atoms with Crippen molar-refractivity contribution in [3.63, 3.8) is 0 Å². The first-order valence-electron chi connectivity index (χ1n) is 10.7. The second kappa shape index (κ2) is 12.0. The van der Waals surface area contributed by atoms with E-state index in [4.69, 9.17) is 0 Å². The Kier molecular flexibility index (Phi) is 9.34. The number of pyridine rings is 1. The van der Waals surface area contributed by atoms with Crippen LogP contribution >= 0.6 is 0 Å². The van der Waals surface area contributed by atoms with E-state index in [2.05, 4.69) is 15.6 Å². The lowest BCUT2D eigenvalue weighted by molar-refractivity contribution is -0.133. The molecule has 1 aliphatic heterocycles. The molecule has 2 N–H and O–H groups in total. The summed E-state index contributed by atoms with van der Waals surface area (Å²) in [6.45, 7) is 6.88. The highest BCUT2D eigenvalue weighted by atomic mass is 16.2. The molecule has 2 aromatic rings. The molecule has 1 fully saturated rings. The molecule has 0 aliphatic carbocycles. The molecule has 31 heavy (non-hydrogen) atoms. The number of nitrogens with one attached hydrogen (secondary N) is 2. The molecule has 1 aromatic heterocycles. The summed E-state index contributed by atoms with van der Waals surface area (Å²) in [6.07, 6.45) is 3.06. The molecule has 0 bridgehead atoms. The van der Waals surface area contributed by atoms with Gasteiger partial charge in [-0.2, -0.15) is 0 Å². The summed E-state index contributed by atoms with van der Waals surface area (Å²) >= 11 is 0. The zero-order chi connectivity index (χ0) is 22.8. The molecule has 7 heteroatoms. The van der Waals surface area contributed by atoms with Gasteiger partial charge in [0.2, 0.25) is 11.8 Å². The first-order chi connectivity index (χ1) is 14.9. The molecule has 0 radical (unpaired) electrons. The van der Waals surface area contributed by atoms with Gasteiger partial charge in [0.05, 0.1) is 12.2 Å². The average molecular weight is 425 g/mol. The Morgan fingerprint density at radius 2 is 1.87 bits per heavy atom. The highest BCUT2D eigenvalue weighted by Crippen LogP contribution is 2.24. The number of amides is 2. The predicted octanol–water partition coefficient (Wildman–Crippen LogP) is 3.37. The van der Waals surface area contributed by atoms with Gasteiger partial charge in [-0.15, -0.1) is 0 Å². The lowest BCUT2D eigenvalue weighted by Gasteiger charge is -2.28. The lowest BCUT2D eigenvalue weighted by Crippen LogP contribution is -2.40. The SMILES string of the molecule is CC.CC(=O)c1ncc(-c2ccccc2)cc1NC(=O)CNCC1CCN(C)C(=O)C1. The Morgan fingerprint density at radius 3 is 2.52 bits per heavy atom. The van der Waals surface area contributed by atoms with Gasteiger partial charge < -0.3 is 15.5 Å². The smallest absolute Gasteiger partial charge is 0.238 e. The molecule has 1 aliphatic rings. The standard InChI is InChI=1S/C22H26N4O3.C2H6/c1-15(27)22-19(11-18(13-24-22)17-6-4-3-5-7-17)25-20(28)14-23-12-16-8-9-26(2)21(29)10-16;1-2/h3-7,11,13,16,23H,8-10,12,14H2,1-2H3,(H,25,28);1-2H3. The first-order valence-corrected chi connectivity index (χ1v) is 10.7. The molecule has 1 unspecified atom stereocenters. The van der Waals surface area contributed by atoms with Crippen molar-refractivity contribution in [1.82, 2.24) is 15.2 Å². The minimum atomic E-state index is -0.251. The van der Waals surface area contributed by atoms with E-state index in [1.54, 1.807) is 17.2 Å². The number of anilines is 1. The maximum atomic E-state index is 12.4. The Bertz CT molecular complexity index is 899. The van der Waals surface area contributed by atoms with E-state index in [1.807, 2.05) is 51.2 Å². The minimum absolute atomic E-state index is 0.105. The van der Waals surface area contributed by atoms with Crippen LogP contribution in [0.4, 0.5) is 5.69 Å². The second-order valence-corrected chi connectivity index (χ2v) is 7.40. The topological polar surface area (TPSA) is 91.4 Å². The lowest BCUT2D eigenvalue weighted by atomic mass is 9.96. The molecule has 1 atom stereocenters. The quantitative estimate of drug-likeness (QED) is 0.665. The predicted molar refractivity (Wildman–Crippen MR) is 123 cm³/mol. The third-order valence-electron chi connectivity index (χ3n) is 5.08. The molecular formula is C24H32N4O3. The van der Waals surface area contributed by atoms with Crippen LogP contribution in [0.2, 0.25) is 0 Å². The number of likely N-dealkylation sites (tertiary alicyclic amines) is 1. The fourth-order valence-corrected chi connectivity index (χ4v) is 3.39. The third-order valence-corrected chi connectivity index (χ3v) is 5.08. The van der Waals surface area contributed by atoms with Crippen molar-refractivity contribution in [2.24, 2.45) is 5.92 Å². The molecule has 1 saturated heterocycles. The number of carbonyl (C=O) groups is 3. The van der Waals surface area contributed by atoms with Crippen LogP contribution in [-0.2, 0) is 9.59 Å². The maximum Gasteiger partial charge on any atom is 0.238 e. The largest absolute Gasteiger partial charge is 0.346 e. The van der Waals surface area contributed by atoms with Gasteiger partial charge in [-0.05, 0) is 30.5 Å². The number of carbonyl (C=O) groups excluding carboxylic acids is 3. The zero-order valence-electron chi connectivity index (χ0n) is 18.8. The average Bonchev–Trinajstić information content (AvgIpc) is 2.78. The highest BCUT2D eigenvalue weighted by molar-refractivity contribution is 6.03. The second-order valence-electron chi connectivity index (χ2n) is 7.40. The molecule has 2 heterocycles. The Hall–Kier alpha value is -3.06. The Labute approximate surface area is 184 Å². The van der Waals surface area contributed by atoms with Gasteiger partial charge in [0, 0.05) is 38.7 Å². The number of ketones is 1. The molecule has 2 amide bonds. The summed E-state index contributed by atoms with van der Waals surface area (Å²) in [5.74, 6) is -0.0822. The van der Waals surface area contributed by atoms with Crippen molar-refractivity contribution in [2.75, 3.05) is 32.0 Å². The zero-order valence-corrected chi connectivity index (χ0v) is 18.8. The van der Waals surface area contributed by atoms with Gasteiger partial charge in [0.15, 0.2) is 5.78 Å². The van der Waals surface area contributed by atoms with Crippen molar-refractivity contribution in [2.45, 2.75) is 33.6 Å². The van der Waals surface area contributed by atoms with E-state index in [9.17, 15) is 14.4 Å². The van der Waals surface area contributed by atoms with Gasteiger partial charge >= 0.3 is 0 Å². The molecule has 166 valence electrons. The number of piperidine rings is 1. The van der Waals surface area contributed by atoms with E-state index in [0.29, 0.717) is 18.7 Å². The highest BCUT2D eigenvalue weighted by Gasteiger charge is 2.23. The van der Waals surface area contributed by atoms with Gasteiger partial charge in [-0.1, -0.05) is 44.2 Å². The number of benzene rings is 1. The van der Waals surface area contributed by atoms with E-state index in [1.165, 1.54) is 6.92 Å². The summed E-state index contributed by atoms with van der Waals surface area (Å²) in [5.41, 5.74) is 2.42. The van der Waals surface area contributed by atoms with Gasteiger partial charge in [-0.3, -0.25) is 19.4 Å². The molecule has 7 nitrogen and oxygen atoms in total. The van der Waals surface area contributed by atoms with Gasteiger partial charge in [0.25, 0.3) is 0 Å². The Morgan fingerprint density at radius 1 is 1.16 bits per heavy atom. The number of aromatic nitrogens is 1.